The SMILES string of the molecule is CCc1ccc(OC)c(S(=O)(=O)Nc2noc3cc(Cn4cc(CN)cn4)c(OC)cc23)c1. The van der Waals surface area contributed by atoms with Crippen LogP contribution in [0.25, 0.3) is 11.0 Å². The standard InChI is InChI=1S/C22H25N5O5S/c1-4-14-5-6-18(30-2)21(7-14)33(28,29)26-22-17-9-19(31-3)16(8-20(17)32-25-22)13-27-12-15(10-23)11-24-27/h5-9,11-12H,4,10,13,23H2,1-3H3,(H,25,26). The highest BCUT2D eigenvalue weighted by Crippen LogP contribution is 2.33. The van der Waals surface area contributed by atoms with Gasteiger partial charge in [-0.25, -0.2) is 8.42 Å². The van der Waals surface area contributed by atoms with E-state index in [0.717, 1.165) is 16.7 Å². The minimum absolute atomic E-state index is 0.0264. The van der Waals surface area contributed by atoms with Crippen LogP contribution in [0.3, 0.4) is 0 Å². The van der Waals surface area contributed by atoms with E-state index >= 15 is 0 Å². The fourth-order valence-corrected chi connectivity index (χ4v) is 4.73. The van der Waals surface area contributed by atoms with E-state index in [4.69, 9.17) is 19.7 Å². The van der Waals surface area contributed by atoms with Crippen molar-refractivity contribution >= 4 is 26.8 Å². The molecule has 2 aromatic heterocycles. The first-order valence-corrected chi connectivity index (χ1v) is 11.7. The number of aromatic nitrogens is 3. The Morgan fingerprint density at radius 2 is 1.91 bits per heavy atom. The van der Waals surface area contributed by atoms with Crippen molar-refractivity contribution in [2.45, 2.75) is 31.3 Å². The van der Waals surface area contributed by atoms with Gasteiger partial charge in [0.15, 0.2) is 11.4 Å². The monoisotopic (exact) mass is 471 g/mol. The predicted octanol–water partition coefficient (Wildman–Crippen LogP) is 2.91. The normalized spacial score (nSPS) is 11.6. The van der Waals surface area contributed by atoms with Crippen molar-refractivity contribution in [1.29, 1.82) is 0 Å². The molecule has 0 atom stereocenters. The molecule has 0 saturated carbocycles. The minimum atomic E-state index is -3.99. The molecular formula is C22H25N5O5S. The molecule has 0 aliphatic rings. The molecule has 11 heteroatoms. The van der Waals surface area contributed by atoms with Gasteiger partial charge in [-0.2, -0.15) is 5.10 Å². The van der Waals surface area contributed by atoms with Gasteiger partial charge in [0.2, 0.25) is 0 Å². The molecule has 0 radical (unpaired) electrons. The third-order valence-electron chi connectivity index (χ3n) is 5.28. The third-order valence-corrected chi connectivity index (χ3v) is 6.64. The van der Waals surface area contributed by atoms with Gasteiger partial charge in [-0.3, -0.25) is 9.40 Å². The Bertz CT molecular complexity index is 1390. The average Bonchev–Trinajstić information content (AvgIpc) is 3.44. The van der Waals surface area contributed by atoms with E-state index in [1.165, 1.54) is 14.2 Å². The molecule has 4 rings (SSSR count). The van der Waals surface area contributed by atoms with Gasteiger partial charge in [0.25, 0.3) is 10.0 Å². The summed E-state index contributed by atoms with van der Waals surface area (Å²) in [4.78, 5) is 0.0264. The number of fused-ring (bicyclic) bond motifs is 1. The van der Waals surface area contributed by atoms with Crippen LogP contribution in [-0.4, -0.2) is 37.6 Å². The van der Waals surface area contributed by atoms with Crippen LogP contribution in [0.15, 0.2) is 52.1 Å². The molecule has 174 valence electrons. The van der Waals surface area contributed by atoms with Crippen molar-refractivity contribution in [2.24, 2.45) is 5.73 Å². The number of rotatable bonds is 9. The molecule has 0 fully saturated rings. The molecule has 0 bridgehead atoms. The molecule has 33 heavy (non-hydrogen) atoms. The summed E-state index contributed by atoms with van der Waals surface area (Å²) in [6.07, 6.45) is 4.23. The number of aryl methyl sites for hydroxylation is 1. The van der Waals surface area contributed by atoms with Crippen molar-refractivity contribution < 1.29 is 22.4 Å². The van der Waals surface area contributed by atoms with Gasteiger partial charge < -0.3 is 19.7 Å². The molecule has 3 N–H and O–H groups in total. The molecule has 0 aliphatic heterocycles. The van der Waals surface area contributed by atoms with Crippen LogP contribution in [0.1, 0.15) is 23.6 Å². The Morgan fingerprint density at radius 3 is 2.58 bits per heavy atom. The van der Waals surface area contributed by atoms with Gasteiger partial charge >= 0.3 is 0 Å². The van der Waals surface area contributed by atoms with Crippen molar-refractivity contribution in [1.82, 2.24) is 14.9 Å². The van der Waals surface area contributed by atoms with Crippen LogP contribution < -0.4 is 19.9 Å². The summed E-state index contributed by atoms with van der Waals surface area (Å²) in [7, 11) is -1.03. The summed E-state index contributed by atoms with van der Waals surface area (Å²) in [6.45, 7) is 2.76. The number of nitrogens with two attached hydrogens (primary N) is 1. The highest BCUT2D eigenvalue weighted by atomic mass is 32.2. The third kappa shape index (κ3) is 4.50. The summed E-state index contributed by atoms with van der Waals surface area (Å²) in [5.41, 5.74) is 8.62. The van der Waals surface area contributed by atoms with E-state index in [1.54, 1.807) is 35.1 Å². The Labute approximate surface area is 191 Å². The van der Waals surface area contributed by atoms with Crippen LogP contribution in [0.4, 0.5) is 5.82 Å². The molecule has 10 nitrogen and oxygen atoms in total. The van der Waals surface area contributed by atoms with Gasteiger partial charge in [-0.1, -0.05) is 18.1 Å². The van der Waals surface area contributed by atoms with Crippen LogP contribution in [0.5, 0.6) is 11.5 Å². The number of benzene rings is 2. The van der Waals surface area contributed by atoms with Crippen LogP contribution in [0.2, 0.25) is 0 Å². The lowest BCUT2D eigenvalue weighted by Gasteiger charge is -2.12. The zero-order valence-electron chi connectivity index (χ0n) is 18.5. The van der Waals surface area contributed by atoms with Gasteiger partial charge in [0.05, 0.1) is 32.3 Å². The number of anilines is 1. The van der Waals surface area contributed by atoms with E-state index in [-0.39, 0.29) is 16.5 Å². The molecule has 0 saturated heterocycles. The van der Waals surface area contributed by atoms with E-state index in [1.807, 2.05) is 19.2 Å². The van der Waals surface area contributed by atoms with Gasteiger partial charge in [0, 0.05) is 23.9 Å². The summed E-state index contributed by atoms with van der Waals surface area (Å²) < 4.78 is 46.8. The maximum atomic E-state index is 13.2. The quantitative estimate of drug-likeness (QED) is 0.380. The molecule has 2 heterocycles. The molecule has 2 aromatic carbocycles. The fourth-order valence-electron chi connectivity index (χ4n) is 3.50. The molecular weight excluding hydrogens is 446 g/mol. The number of nitrogens with one attached hydrogen (secondary N) is 1. The summed E-state index contributed by atoms with van der Waals surface area (Å²) in [6, 6.07) is 8.48. The maximum absolute atomic E-state index is 13.2. The second-order valence-electron chi connectivity index (χ2n) is 7.39. The van der Waals surface area contributed by atoms with Gasteiger partial charge in [-0.15, -0.1) is 0 Å². The van der Waals surface area contributed by atoms with Crippen LogP contribution >= 0.6 is 0 Å². The molecule has 0 spiro atoms. The van der Waals surface area contributed by atoms with Crippen molar-refractivity contribution in [3.8, 4) is 11.5 Å². The number of ether oxygens (including phenoxy) is 2. The first kappa shape index (κ1) is 22.6. The Morgan fingerprint density at radius 1 is 1.12 bits per heavy atom. The first-order chi connectivity index (χ1) is 15.9. The van der Waals surface area contributed by atoms with E-state index in [9.17, 15) is 8.42 Å². The number of hydrogen-bond donors (Lipinski definition) is 2. The van der Waals surface area contributed by atoms with Crippen LogP contribution in [0, 0.1) is 0 Å². The molecule has 0 unspecified atom stereocenters. The van der Waals surface area contributed by atoms with Crippen molar-refractivity contribution in [3.63, 3.8) is 0 Å². The summed E-state index contributed by atoms with van der Waals surface area (Å²) in [5.74, 6) is 0.841. The smallest absolute Gasteiger partial charge is 0.266 e. The largest absolute Gasteiger partial charge is 0.496 e. The summed E-state index contributed by atoms with van der Waals surface area (Å²) >= 11 is 0. The number of methoxy groups -OCH3 is 2. The first-order valence-electron chi connectivity index (χ1n) is 10.3. The fraction of sp³-hybridized carbons (Fsp3) is 0.273. The van der Waals surface area contributed by atoms with Gasteiger partial charge in [0.1, 0.15) is 16.4 Å². The lowest BCUT2D eigenvalue weighted by molar-refractivity contribution is 0.402. The molecule has 4 aromatic rings. The van der Waals surface area contributed by atoms with Crippen molar-refractivity contribution in [2.75, 3.05) is 18.9 Å². The number of hydrogen-bond acceptors (Lipinski definition) is 8. The van der Waals surface area contributed by atoms with Crippen LogP contribution in [-0.2, 0) is 29.5 Å². The Hall–Kier alpha value is -3.57. The lowest BCUT2D eigenvalue weighted by Crippen LogP contribution is -2.15. The number of nitrogens with zero attached hydrogens (tertiary/aromatic N) is 3. The second-order valence-corrected chi connectivity index (χ2v) is 9.04. The minimum Gasteiger partial charge on any atom is -0.496 e. The van der Waals surface area contributed by atoms with E-state index in [2.05, 4.69) is 15.0 Å². The van der Waals surface area contributed by atoms with E-state index < -0.39 is 10.0 Å². The highest BCUT2D eigenvalue weighted by molar-refractivity contribution is 7.92. The van der Waals surface area contributed by atoms with Gasteiger partial charge in [-0.05, 0) is 36.2 Å². The highest BCUT2D eigenvalue weighted by Gasteiger charge is 2.24. The average molecular weight is 472 g/mol. The zero-order valence-corrected chi connectivity index (χ0v) is 19.3. The Balaban J connectivity index is 1.69. The second kappa shape index (κ2) is 9.12. The molecule has 0 aliphatic carbocycles. The maximum Gasteiger partial charge on any atom is 0.266 e. The predicted molar refractivity (Wildman–Crippen MR) is 123 cm³/mol. The zero-order chi connectivity index (χ0) is 23.6. The van der Waals surface area contributed by atoms with E-state index in [0.29, 0.717) is 36.2 Å². The lowest BCUT2D eigenvalue weighted by atomic mass is 10.1. The summed E-state index contributed by atoms with van der Waals surface area (Å²) in [5, 5.41) is 8.70. The Kier molecular flexibility index (Phi) is 6.25. The molecule has 0 amide bonds. The number of sulfonamides is 1. The topological polar surface area (TPSA) is 134 Å². The van der Waals surface area contributed by atoms with Crippen molar-refractivity contribution in [3.05, 3.63) is 59.4 Å².